The Morgan fingerprint density at radius 3 is 2.17 bits per heavy atom. The molecule has 0 unspecified atom stereocenters. The fourth-order valence-electron chi connectivity index (χ4n) is 4.42. The Kier molecular flexibility index (Phi) is 11.5. The zero-order chi connectivity index (χ0) is 30.1. The number of carbonyl (C=O) groups is 4. The summed E-state index contributed by atoms with van der Waals surface area (Å²) in [6.07, 6.45) is 1.03. The maximum atomic E-state index is 13.5. The number of rotatable bonds is 12. The number of piperidine rings is 1. The fraction of sp³-hybridized carbons (Fsp3) is 0.607. The second-order valence-electron chi connectivity index (χ2n) is 11.6. The van der Waals surface area contributed by atoms with Gasteiger partial charge in [-0.25, -0.2) is 9.59 Å². The van der Waals surface area contributed by atoms with Crippen molar-refractivity contribution in [3.05, 3.63) is 35.4 Å². The van der Waals surface area contributed by atoms with Gasteiger partial charge in [-0.2, -0.15) is 0 Å². The Morgan fingerprint density at radius 1 is 1.07 bits per heavy atom. The molecule has 12 nitrogen and oxygen atoms in total. The maximum Gasteiger partial charge on any atom is 0.405 e. The van der Waals surface area contributed by atoms with E-state index in [0.717, 1.165) is 0 Å². The van der Waals surface area contributed by atoms with E-state index in [0.29, 0.717) is 56.3 Å². The molecule has 1 atom stereocenters. The highest BCUT2D eigenvalue weighted by Gasteiger charge is 2.31. The van der Waals surface area contributed by atoms with Crippen LogP contribution in [0.2, 0.25) is 0 Å². The number of amides is 3. The van der Waals surface area contributed by atoms with E-state index in [9.17, 15) is 19.2 Å². The lowest BCUT2D eigenvalue weighted by Crippen LogP contribution is -2.51. The van der Waals surface area contributed by atoms with Crippen molar-refractivity contribution in [3.63, 3.8) is 0 Å². The zero-order valence-corrected chi connectivity index (χ0v) is 24.0. The van der Waals surface area contributed by atoms with Crippen molar-refractivity contribution >= 4 is 29.7 Å². The normalized spacial score (nSPS) is 15.2. The van der Waals surface area contributed by atoms with Crippen LogP contribution in [0.25, 0.3) is 0 Å². The number of carbonyl (C=O) groups excluding carboxylic acids is 3. The Morgan fingerprint density at radius 2 is 1.65 bits per heavy atom. The Balaban J connectivity index is 2.02. The van der Waals surface area contributed by atoms with Crippen molar-refractivity contribution in [2.75, 3.05) is 19.7 Å². The molecule has 1 heterocycles. The summed E-state index contributed by atoms with van der Waals surface area (Å²) in [7, 11) is 0. The summed E-state index contributed by atoms with van der Waals surface area (Å²) in [6, 6.07) is 5.40. The lowest BCUT2D eigenvalue weighted by molar-refractivity contribution is -0.163. The molecule has 1 aromatic carbocycles. The average molecular weight is 562 g/mol. The first-order valence-electron chi connectivity index (χ1n) is 13.4. The first kappa shape index (κ1) is 32.5. The fourth-order valence-corrected chi connectivity index (χ4v) is 4.42. The molecule has 1 aromatic rings. The van der Waals surface area contributed by atoms with Crippen molar-refractivity contribution in [2.24, 2.45) is 5.73 Å². The highest BCUT2D eigenvalue weighted by molar-refractivity contribution is 5.99. The standard InChI is InChI=1S/C28H43N5O7/c1-27(2,3)40-22(34)17-39-20-12-15-33(16-13-20)25(36)21(7-6-14-28(4,5)32-26(37)38)31-24(35)19-10-8-18(9-11-19)23(29)30/h8-11,20-21,32H,6-7,12-17H2,1-5H3,(H3,29,30)(H,31,35)(H,37,38)/t21-/m0/s1. The second kappa shape index (κ2) is 14.1. The Labute approximate surface area is 235 Å². The van der Waals surface area contributed by atoms with Gasteiger partial charge in [0.25, 0.3) is 5.91 Å². The lowest BCUT2D eigenvalue weighted by atomic mass is 9.95. The van der Waals surface area contributed by atoms with Gasteiger partial charge in [0.2, 0.25) is 5.91 Å². The van der Waals surface area contributed by atoms with Gasteiger partial charge < -0.3 is 35.8 Å². The molecule has 1 fully saturated rings. The number of carboxylic acid groups (broad SMARTS) is 1. The predicted octanol–water partition coefficient (Wildman–Crippen LogP) is 2.63. The third kappa shape index (κ3) is 11.2. The van der Waals surface area contributed by atoms with Gasteiger partial charge in [-0.15, -0.1) is 0 Å². The third-order valence-corrected chi connectivity index (χ3v) is 6.41. The van der Waals surface area contributed by atoms with Crippen LogP contribution in [0.15, 0.2) is 24.3 Å². The largest absolute Gasteiger partial charge is 0.465 e. The van der Waals surface area contributed by atoms with E-state index in [1.54, 1.807) is 63.8 Å². The quantitative estimate of drug-likeness (QED) is 0.146. The van der Waals surface area contributed by atoms with Crippen molar-refractivity contribution in [3.8, 4) is 0 Å². The maximum absolute atomic E-state index is 13.5. The van der Waals surface area contributed by atoms with E-state index in [4.69, 9.17) is 25.7 Å². The summed E-state index contributed by atoms with van der Waals surface area (Å²) in [6.45, 7) is 9.54. The molecule has 1 aliphatic rings. The molecule has 1 aliphatic heterocycles. The highest BCUT2D eigenvalue weighted by atomic mass is 16.6. The molecule has 3 amide bonds. The molecular weight excluding hydrogens is 518 g/mol. The van der Waals surface area contributed by atoms with Crippen LogP contribution < -0.4 is 16.4 Å². The molecule has 6 N–H and O–H groups in total. The number of hydrogen-bond donors (Lipinski definition) is 5. The lowest BCUT2D eigenvalue weighted by Gasteiger charge is -2.34. The highest BCUT2D eigenvalue weighted by Crippen LogP contribution is 2.19. The van der Waals surface area contributed by atoms with Crippen LogP contribution in [0.3, 0.4) is 0 Å². The van der Waals surface area contributed by atoms with E-state index in [1.807, 2.05) is 0 Å². The summed E-state index contributed by atoms with van der Waals surface area (Å²) in [5.41, 5.74) is 5.00. The number of nitrogens with one attached hydrogen (secondary N) is 3. The van der Waals surface area contributed by atoms with E-state index < -0.39 is 35.2 Å². The molecule has 0 radical (unpaired) electrons. The average Bonchev–Trinajstić information content (AvgIpc) is 2.85. The Hall–Kier alpha value is -3.67. The molecule has 12 heteroatoms. The van der Waals surface area contributed by atoms with Crippen LogP contribution in [0.1, 0.15) is 82.6 Å². The van der Waals surface area contributed by atoms with Crippen LogP contribution in [0, 0.1) is 5.41 Å². The first-order valence-corrected chi connectivity index (χ1v) is 13.4. The van der Waals surface area contributed by atoms with Gasteiger partial charge in [0.15, 0.2) is 0 Å². The van der Waals surface area contributed by atoms with Gasteiger partial charge >= 0.3 is 12.1 Å². The SMILES string of the molecule is CC(C)(CCC[C@H](NC(=O)c1ccc(C(=N)N)cc1)C(=O)N1CCC(OCC(=O)OC(C)(C)C)CC1)NC(=O)O. The van der Waals surface area contributed by atoms with Gasteiger partial charge in [-0.1, -0.05) is 12.1 Å². The molecule has 222 valence electrons. The smallest absolute Gasteiger partial charge is 0.405 e. The minimum absolute atomic E-state index is 0.115. The molecule has 0 saturated carbocycles. The van der Waals surface area contributed by atoms with Gasteiger partial charge in [0.1, 0.15) is 24.1 Å². The number of hydrogen-bond acceptors (Lipinski definition) is 7. The topological polar surface area (TPSA) is 184 Å². The van der Waals surface area contributed by atoms with E-state index in [-0.39, 0.29) is 24.5 Å². The summed E-state index contributed by atoms with van der Waals surface area (Å²) in [5, 5.41) is 21.9. The number of amidine groups is 1. The number of ether oxygens (including phenoxy) is 2. The summed E-state index contributed by atoms with van der Waals surface area (Å²) < 4.78 is 11.0. The monoisotopic (exact) mass is 561 g/mol. The van der Waals surface area contributed by atoms with E-state index in [1.165, 1.54) is 0 Å². The number of benzene rings is 1. The van der Waals surface area contributed by atoms with E-state index in [2.05, 4.69) is 10.6 Å². The first-order chi connectivity index (χ1) is 18.6. The number of nitrogen functional groups attached to an aromatic ring is 1. The van der Waals surface area contributed by atoms with Crippen LogP contribution in [-0.2, 0) is 19.1 Å². The zero-order valence-electron chi connectivity index (χ0n) is 24.0. The molecule has 40 heavy (non-hydrogen) atoms. The van der Waals surface area contributed by atoms with Crippen molar-refractivity contribution in [2.45, 2.75) is 90.0 Å². The third-order valence-electron chi connectivity index (χ3n) is 6.41. The summed E-state index contributed by atoms with van der Waals surface area (Å²) >= 11 is 0. The van der Waals surface area contributed by atoms with Gasteiger partial charge in [-0.05, 0) is 78.9 Å². The van der Waals surface area contributed by atoms with Crippen molar-refractivity contribution in [1.29, 1.82) is 5.41 Å². The van der Waals surface area contributed by atoms with Crippen LogP contribution in [0.4, 0.5) is 4.79 Å². The number of esters is 1. The van der Waals surface area contributed by atoms with Gasteiger partial charge in [0, 0.05) is 29.8 Å². The van der Waals surface area contributed by atoms with Crippen LogP contribution in [0.5, 0.6) is 0 Å². The van der Waals surface area contributed by atoms with Gasteiger partial charge in [-0.3, -0.25) is 15.0 Å². The molecule has 0 aromatic heterocycles. The predicted molar refractivity (Wildman–Crippen MR) is 149 cm³/mol. The molecule has 0 aliphatic carbocycles. The van der Waals surface area contributed by atoms with Crippen molar-refractivity contribution < 1.29 is 33.8 Å². The molecule has 0 spiro atoms. The van der Waals surface area contributed by atoms with E-state index >= 15 is 0 Å². The number of nitrogens with zero attached hydrogens (tertiary/aromatic N) is 1. The Bertz CT molecular complexity index is 1060. The van der Waals surface area contributed by atoms with Crippen LogP contribution >= 0.6 is 0 Å². The number of nitrogens with two attached hydrogens (primary N) is 1. The van der Waals surface area contributed by atoms with Gasteiger partial charge in [0.05, 0.1) is 6.10 Å². The molecular formula is C28H43N5O7. The second-order valence-corrected chi connectivity index (χ2v) is 11.6. The molecule has 1 saturated heterocycles. The minimum Gasteiger partial charge on any atom is -0.465 e. The summed E-state index contributed by atoms with van der Waals surface area (Å²) in [5.74, 6) is -1.23. The van der Waals surface area contributed by atoms with Crippen LogP contribution in [-0.4, -0.2) is 82.7 Å². The minimum atomic E-state index is -1.13. The summed E-state index contributed by atoms with van der Waals surface area (Å²) in [4.78, 5) is 51.2. The van der Waals surface area contributed by atoms with Crippen molar-refractivity contribution in [1.82, 2.24) is 15.5 Å². The molecule has 0 bridgehead atoms. The molecule has 2 rings (SSSR count). The number of likely N-dealkylation sites (tertiary alicyclic amines) is 1.